The minimum Gasteiger partial charge on any atom is -0.324 e. The Bertz CT molecular complexity index is 566. The summed E-state index contributed by atoms with van der Waals surface area (Å²) in [6.45, 7) is 3.81. The van der Waals surface area contributed by atoms with Crippen LogP contribution in [0, 0.1) is 12.7 Å². The summed E-state index contributed by atoms with van der Waals surface area (Å²) in [4.78, 5) is 2.21. The van der Waals surface area contributed by atoms with Crippen LogP contribution < -0.4 is 5.73 Å². The van der Waals surface area contributed by atoms with Crippen molar-refractivity contribution in [3.05, 3.63) is 71.0 Å². The molecule has 0 aliphatic carbocycles. The molecule has 2 N–H and O–H groups in total. The number of hydrogen-bond donors (Lipinski definition) is 1. The molecule has 2 aromatic rings. The van der Waals surface area contributed by atoms with Crippen LogP contribution in [0.15, 0.2) is 48.5 Å². The summed E-state index contributed by atoms with van der Waals surface area (Å²) in [5, 5.41) is 0. The van der Waals surface area contributed by atoms with E-state index in [-0.39, 0.29) is 11.9 Å². The third kappa shape index (κ3) is 4.66. The van der Waals surface area contributed by atoms with E-state index < -0.39 is 0 Å². The second-order valence-electron chi connectivity index (χ2n) is 5.62. The highest BCUT2D eigenvalue weighted by atomic mass is 19.1. The molecule has 0 fully saturated rings. The molecule has 1 unspecified atom stereocenters. The molecule has 2 rings (SSSR count). The number of benzene rings is 2. The van der Waals surface area contributed by atoms with Crippen molar-refractivity contribution in [1.29, 1.82) is 0 Å². The molecule has 3 heteroatoms. The Labute approximate surface area is 126 Å². The zero-order valence-corrected chi connectivity index (χ0v) is 12.7. The summed E-state index contributed by atoms with van der Waals surface area (Å²) in [6.07, 6.45) is 0.905. The molecular formula is C18H23FN2. The van der Waals surface area contributed by atoms with Crippen LogP contribution >= 0.6 is 0 Å². The largest absolute Gasteiger partial charge is 0.324 e. The molecule has 0 spiro atoms. The molecule has 0 saturated heterocycles. The Kier molecular flexibility index (Phi) is 5.48. The summed E-state index contributed by atoms with van der Waals surface area (Å²) in [6, 6.07) is 15.0. The monoisotopic (exact) mass is 286 g/mol. The van der Waals surface area contributed by atoms with E-state index in [0.29, 0.717) is 0 Å². The molecule has 0 amide bonds. The number of nitrogens with zero attached hydrogens (tertiary/aromatic N) is 1. The fourth-order valence-corrected chi connectivity index (χ4v) is 2.50. The quantitative estimate of drug-likeness (QED) is 0.878. The number of hydrogen-bond acceptors (Lipinski definition) is 2. The van der Waals surface area contributed by atoms with Gasteiger partial charge in [-0.05, 0) is 55.8 Å². The fourth-order valence-electron chi connectivity index (χ4n) is 2.50. The third-order valence-electron chi connectivity index (χ3n) is 3.78. The highest BCUT2D eigenvalue weighted by Crippen LogP contribution is 2.18. The van der Waals surface area contributed by atoms with E-state index in [1.54, 1.807) is 0 Å². The summed E-state index contributed by atoms with van der Waals surface area (Å²) in [5.74, 6) is -0.192. The Balaban J connectivity index is 1.85. The summed E-state index contributed by atoms with van der Waals surface area (Å²) in [7, 11) is 2.06. The van der Waals surface area contributed by atoms with Gasteiger partial charge in [0.2, 0.25) is 0 Å². The molecule has 1 atom stereocenters. The molecule has 0 heterocycles. The molecule has 2 nitrogen and oxygen atoms in total. The van der Waals surface area contributed by atoms with Gasteiger partial charge in [0.15, 0.2) is 0 Å². The van der Waals surface area contributed by atoms with E-state index >= 15 is 0 Å². The minimum absolute atomic E-state index is 0.0573. The van der Waals surface area contributed by atoms with Gasteiger partial charge in [0, 0.05) is 12.6 Å². The van der Waals surface area contributed by atoms with Crippen LogP contribution in [-0.2, 0) is 6.54 Å². The van der Waals surface area contributed by atoms with Crippen molar-refractivity contribution in [2.45, 2.75) is 25.9 Å². The summed E-state index contributed by atoms with van der Waals surface area (Å²) < 4.78 is 12.9. The lowest BCUT2D eigenvalue weighted by Crippen LogP contribution is -2.23. The van der Waals surface area contributed by atoms with Crippen molar-refractivity contribution in [1.82, 2.24) is 4.90 Å². The van der Waals surface area contributed by atoms with Gasteiger partial charge in [-0.2, -0.15) is 0 Å². The molecule has 112 valence electrons. The van der Waals surface area contributed by atoms with Gasteiger partial charge in [-0.15, -0.1) is 0 Å². The van der Waals surface area contributed by atoms with Crippen LogP contribution in [0.1, 0.15) is 29.2 Å². The maximum Gasteiger partial charge on any atom is 0.123 e. The second kappa shape index (κ2) is 7.34. The van der Waals surface area contributed by atoms with E-state index in [2.05, 4.69) is 31.0 Å². The van der Waals surface area contributed by atoms with Crippen molar-refractivity contribution < 1.29 is 4.39 Å². The van der Waals surface area contributed by atoms with Gasteiger partial charge in [0.05, 0.1) is 0 Å². The molecule has 21 heavy (non-hydrogen) atoms. The first kappa shape index (κ1) is 15.7. The maximum atomic E-state index is 12.9. The maximum absolute atomic E-state index is 12.9. The highest BCUT2D eigenvalue weighted by Gasteiger charge is 2.10. The highest BCUT2D eigenvalue weighted by molar-refractivity contribution is 5.28. The minimum atomic E-state index is -0.192. The molecule has 0 bridgehead atoms. The predicted molar refractivity (Wildman–Crippen MR) is 85.5 cm³/mol. The van der Waals surface area contributed by atoms with Gasteiger partial charge in [-0.25, -0.2) is 4.39 Å². The van der Waals surface area contributed by atoms with E-state index in [4.69, 9.17) is 5.73 Å². The predicted octanol–water partition coefficient (Wildman–Crippen LogP) is 3.66. The number of halogens is 1. The molecule has 0 aromatic heterocycles. The van der Waals surface area contributed by atoms with Crippen molar-refractivity contribution in [3.8, 4) is 0 Å². The van der Waals surface area contributed by atoms with Gasteiger partial charge in [0.1, 0.15) is 5.82 Å². The standard InChI is InChI=1S/C18H23FN2/c1-14-5-3-4-6-17(14)18(20)11-12-21(2)13-15-7-9-16(19)10-8-15/h3-10,18H,11-13,20H2,1-2H3. The number of aryl methyl sites for hydroxylation is 1. The Morgan fingerprint density at radius 2 is 1.76 bits per heavy atom. The van der Waals surface area contributed by atoms with Gasteiger partial charge in [0.25, 0.3) is 0 Å². The van der Waals surface area contributed by atoms with Crippen LogP contribution in [0.2, 0.25) is 0 Å². The van der Waals surface area contributed by atoms with E-state index in [0.717, 1.165) is 25.1 Å². The van der Waals surface area contributed by atoms with Crippen LogP contribution in [0.5, 0.6) is 0 Å². The molecular weight excluding hydrogens is 263 g/mol. The SMILES string of the molecule is Cc1ccccc1C(N)CCN(C)Cc1ccc(F)cc1. The van der Waals surface area contributed by atoms with E-state index in [9.17, 15) is 4.39 Å². The topological polar surface area (TPSA) is 29.3 Å². The Morgan fingerprint density at radius 1 is 1.10 bits per heavy atom. The average Bonchev–Trinajstić information content (AvgIpc) is 2.48. The van der Waals surface area contributed by atoms with Crippen LogP contribution in [0.4, 0.5) is 4.39 Å². The lowest BCUT2D eigenvalue weighted by atomic mass is 9.99. The third-order valence-corrected chi connectivity index (χ3v) is 3.78. The van der Waals surface area contributed by atoms with Gasteiger partial charge in [-0.1, -0.05) is 36.4 Å². The Hall–Kier alpha value is -1.71. The van der Waals surface area contributed by atoms with Crippen LogP contribution in [0.25, 0.3) is 0 Å². The summed E-state index contributed by atoms with van der Waals surface area (Å²) in [5.41, 5.74) is 9.85. The van der Waals surface area contributed by atoms with Gasteiger partial charge < -0.3 is 10.6 Å². The van der Waals surface area contributed by atoms with Crippen LogP contribution in [0.3, 0.4) is 0 Å². The molecule has 0 saturated carbocycles. The number of nitrogens with two attached hydrogens (primary N) is 1. The van der Waals surface area contributed by atoms with Crippen molar-refractivity contribution >= 4 is 0 Å². The van der Waals surface area contributed by atoms with Crippen molar-refractivity contribution in [2.75, 3.05) is 13.6 Å². The molecule has 0 aliphatic rings. The smallest absolute Gasteiger partial charge is 0.123 e. The lowest BCUT2D eigenvalue weighted by Gasteiger charge is -2.20. The zero-order chi connectivity index (χ0) is 15.2. The normalized spacial score (nSPS) is 12.6. The molecule has 0 aliphatic heterocycles. The number of rotatable bonds is 6. The summed E-state index contributed by atoms with van der Waals surface area (Å²) >= 11 is 0. The fraction of sp³-hybridized carbons (Fsp3) is 0.333. The second-order valence-corrected chi connectivity index (χ2v) is 5.62. The van der Waals surface area contributed by atoms with Gasteiger partial charge in [-0.3, -0.25) is 0 Å². The molecule has 0 radical (unpaired) electrons. The lowest BCUT2D eigenvalue weighted by molar-refractivity contribution is 0.311. The van der Waals surface area contributed by atoms with Crippen molar-refractivity contribution in [3.63, 3.8) is 0 Å². The van der Waals surface area contributed by atoms with Crippen LogP contribution in [-0.4, -0.2) is 18.5 Å². The van der Waals surface area contributed by atoms with Crippen molar-refractivity contribution in [2.24, 2.45) is 5.73 Å². The first-order chi connectivity index (χ1) is 10.1. The van der Waals surface area contributed by atoms with E-state index in [1.165, 1.54) is 23.3 Å². The average molecular weight is 286 g/mol. The molecule has 2 aromatic carbocycles. The Morgan fingerprint density at radius 3 is 2.43 bits per heavy atom. The first-order valence-electron chi connectivity index (χ1n) is 7.30. The first-order valence-corrected chi connectivity index (χ1v) is 7.30. The van der Waals surface area contributed by atoms with Gasteiger partial charge >= 0.3 is 0 Å². The zero-order valence-electron chi connectivity index (χ0n) is 12.7. The van der Waals surface area contributed by atoms with E-state index in [1.807, 2.05) is 24.3 Å².